The van der Waals surface area contributed by atoms with Crippen molar-refractivity contribution in [3.8, 4) is 16.9 Å². The van der Waals surface area contributed by atoms with Crippen LogP contribution in [0.1, 0.15) is 59.8 Å². The van der Waals surface area contributed by atoms with Crippen LogP contribution < -0.4 is 4.74 Å². The van der Waals surface area contributed by atoms with Crippen LogP contribution in [0.25, 0.3) is 22.2 Å². The molecule has 0 unspecified atom stereocenters. The van der Waals surface area contributed by atoms with E-state index in [1.54, 1.807) is 6.20 Å². The molecule has 0 bridgehead atoms. The maximum absolute atomic E-state index is 13.0. The number of hydrogen-bond acceptors (Lipinski definition) is 4. The van der Waals surface area contributed by atoms with E-state index in [9.17, 15) is 23.1 Å². The van der Waals surface area contributed by atoms with Gasteiger partial charge >= 0.3 is 12.1 Å². The molecule has 226 valence electrons. The third kappa shape index (κ3) is 6.32. The number of benzene rings is 3. The van der Waals surface area contributed by atoms with Gasteiger partial charge in [0.1, 0.15) is 18.2 Å². The highest BCUT2D eigenvalue weighted by atomic mass is 19.4. The minimum absolute atomic E-state index is 0.221. The number of imidazole rings is 1. The molecule has 0 spiro atoms. The van der Waals surface area contributed by atoms with Gasteiger partial charge in [0.2, 0.25) is 0 Å². The molecule has 0 aliphatic heterocycles. The van der Waals surface area contributed by atoms with E-state index in [4.69, 9.17) is 9.72 Å². The number of halogens is 3. The van der Waals surface area contributed by atoms with Gasteiger partial charge in [-0.2, -0.15) is 13.2 Å². The van der Waals surface area contributed by atoms with Crippen LogP contribution in [-0.4, -0.2) is 25.6 Å². The van der Waals surface area contributed by atoms with Crippen LogP contribution in [0.4, 0.5) is 13.2 Å². The van der Waals surface area contributed by atoms with Crippen molar-refractivity contribution in [2.45, 2.75) is 57.9 Å². The summed E-state index contributed by atoms with van der Waals surface area (Å²) in [4.78, 5) is 21.6. The Morgan fingerprint density at radius 3 is 2.32 bits per heavy atom. The molecule has 1 fully saturated rings. The van der Waals surface area contributed by atoms with Gasteiger partial charge in [-0.1, -0.05) is 55.3 Å². The molecular formula is C35H32F3N3O3. The highest BCUT2D eigenvalue weighted by Crippen LogP contribution is 2.40. The first-order chi connectivity index (χ1) is 21.2. The first-order valence-electron chi connectivity index (χ1n) is 14.7. The van der Waals surface area contributed by atoms with Gasteiger partial charge in [0.15, 0.2) is 0 Å². The second-order valence-electron chi connectivity index (χ2n) is 11.4. The van der Waals surface area contributed by atoms with Gasteiger partial charge in [0, 0.05) is 24.7 Å². The van der Waals surface area contributed by atoms with Crippen molar-refractivity contribution in [1.29, 1.82) is 0 Å². The fourth-order valence-electron chi connectivity index (χ4n) is 5.97. The molecule has 1 saturated carbocycles. The molecule has 1 aliphatic carbocycles. The standard InChI is InChI=1S/C35H32F3N3O3/c1-22-6-15-27(39-19-22)21-44-28-16-17-31-32(18-28)41(33(40-31)29-4-2-3-5-30(29)34(42)43)20-23-7-9-24(10-8-23)25-11-13-26(14-12-25)35(36,37)38/h6-19,29-30H,2-5,20-21H2,1H3,(H,42,43)/t29-,30-/m0/s1. The molecule has 1 aliphatic rings. The fourth-order valence-corrected chi connectivity index (χ4v) is 5.97. The van der Waals surface area contributed by atoms with Gasteiger partial charge in [-0.25, -0.2) is 4.98 Å². The predicted octanol–water partition coefficient (Wildman–Crippen LogP) is 8.41. The molecule has 6 rings (SSSR count). The first-order valence-corrected chi connectivity index (χ1v) is 14.7. The van der Waals surface area contributed by atoms with E-state index in [-0.39, 0.29) is 5.92 Å². The van der Waals surface area contributed by atoms with E-state index in [0.717, 1.165) is 70.6 Å². The van der Waals surface area contributed by atoms with Gasteiger partial charge in [-0.3, -0.25) is 9.78 Å². The number of carbonyl (C=O) groups is 1. The monoisotopic (exact) mass is 599 g/mol. The summed E-state index contributed by atoms with van der Waals surface area (Å²) < 4.78 is 47.2. The van der Waals surface area contributed by atoms with E-state index >= 15 is 0 Å². The van der Waals surface area contributed by atoms with Crippen LogP contribution in [0.2, 0.25) is 0 Å². The number of carboxylic acid groups (broad SMARTS) is 1. The molecule has 2 atom stereocenters. The van der Waals surface area contributed by atoms with Crippen LogP contribution in [-0.2, 0) is 24.1 Å². The highest BCUT2D eigenvalue weighted by molar-refractivity contribution is 5.79. The van der Waals surface area contributed by atoms with Gasteiger partial charge in [-0.05, 0) is 72.4 Å². The quantitative estimate of drug-likeness (QED) is 0.194. The molecule has 2 aromatic heterocycles. The van der Waals surface area contributed by atoms with Crippen molar-refractivity contribution >= 4 is 17.0 Å². The zero-order chi connectivity index (χ0) is 30.8. The van der Waals surface area contributed by atoms with Gasteiger partial charge < -0.3 is 14.4 Å². The Morgan fingerprint density at radius 1 is 0.955 bits per heavy atom. The summed E-state index contributed by atoms with van der Waals surface area (Å²) in [6, 6.07) is 22.4. The van der Waals surface area contributed by atoms with E-state index in [1.165, 1.54) is 12.1 Å². The molecule has 1 N–H and O–H groups in total. The molecule has 6 nitrogen and oxygen atoms in total. The maximum Gasteiger partial charge on any atom is 0.416 e. The topological polar surface area (TPSA) is 77.2 Å². The smallest absolute Gasteiger partial charge is 0.416 e. The number of ether oxygens (including phenoxy) is 1. The third-order valence-corrected chi connectivity index (χ3v) is 8.36. The largest absolute Gasteiger partial charge is 0.487 e. The predicted molar refractivity (Wildman–Crippen MR) is 161 cm³/mol. The molecular weight excluding hydrogens is 567 g/mol. The lowest BCUT2D eigenvalue weighted by Gasteiger charge is -2.28. The van der Waals surface area contributed by atoms with Gasteiger partial charge in [-0.15, -0.1) is 0 Å². The number of aromatic nitrogens is 3. The van der Waals surface area contributed by atoms with Crippen LogP contribution in [0, 0.1) is 12.8 Å². The number of aliphatic carboxylic acids is 1. The Bertz CT molecular complexity index is 1760. The lowest BCUT2D eigenvalue weighted by molar-refractivity contribution is -0.143. The lowest BCUT2D eigenvalue weighted by Crippen LogP contribution is -2.27. The molecule has 0 saturated heterocycles. The number of fused-ring (bicyclic) bond motifs is 1. The van der Waals surface area contributed by atoms with Crippen molar-refractivity contribution in [2.75, 3.05) is 0 Å². The SMILES string of the molecule is Cc1ccc(COc2ccc3nc([C@H]4CCCC[C@@H]4C(=O)O)n(Cc4ccc(-c5ccc(C(F)(F)F)cc5)cc4)c3c2)nc1. The van der Waals surface area contributed by atoms with Crippen LogP contribution >= 0.6 is 0 Å². The Labute approximate surface area is 253 Å². The Hall–Kier alpha value is -4.66. The van der Waals surface area contributed by atoms with Crippen molar-refractivity contribution < 1.29 is 27.8 Å². The average Bonchev–Trinajstić information content (AvgIpc) is 3.38. The summed E-state index contributed by atoms with van der Waals surface area (Å²) in [6.45, 7) is 2.74. The zero-order valence-electron chi connectivity index (χ0n) is 24.2. The average molecular weight is 600 g/mol. The summed E-state index contributed by atoms with van der Waals surface area (Å²) in [6.07, 6.45) is 0.600. The first kappa shape index (κ1) is 29.4. The molecule has 9 heteroatoms. The van der Waals surface area contributed by atoms with E-state index in [2.05, 4.69) is 9.55 Å². The van der Waals surface area contributed by atoms with E-state index in [1.807, 2.05) is 61.5 Å². The number of rotatable bonds is 8. The number of hydrogen-bond donors (Lipinski definition) is 1. The minimum atomic E-state index is -4.38. The Balaban J connectivity index is 1.32. The zero-order valence-corrected chi connectivity index (χ0v) is 24.2. The number of alkyl halides is 3. The summed E-state index contributed by atoms with van der Waals surface area (Å²) in [5.41, 5.74) is 5.25. The number of aryl methyl sites for hydroxylation is 1. The molecule has 2 heterocycles. The summed E-state index contributed by atoms with van der Waals surface area (Å²) in [5, 5.41) is 10.0. The molecule has 0 amide bonds. The second-order valence-corrected chi connectivity index (χ2v) is 11.4. The number of nitrogens with zero attached hydrogens (tertiary/aromatic N) is 3. The van der Waals surface area contributed by atoms with Crippen LogP contribution in [0.15, 0.2) is 85.1 Å². The van der Waals surface area contributed by atoms with Crippen molar-refractivity contribution in [1.82, 2.24) is 14.5 Å². The maximum atomic E-state index is 13.0. The van der Waals surface area contributed by atoms with Crippen LogP contribution in [0.3, 0.4) is 0 Å². The Kier molecular flexibility index (Phi) is 8.12. The Morgan fingerprint density at radius 2 is 1.66 bits per heavy atom. The van der Waals surface area contributed by atoms with E-state index < -0.39 is 23.6 Å². The molecule has 0 radical (unpaired) electrons. The summed E-state index contributed by atoms with van der Waals surface area (Å²) >= 11 is 0. The molecule has 44 heavy (non-hydrogen) atoms. The number of carboxylic acids is 1. The van der Waals surface area contributed by atoms with Gasteiger partial charge in [0.25, 0.3) is 0 Å². The third-order valence-electron chi connectivity index (χ3n) is 8.36. The second kappa shape index (κ2) is 12.1. The minimum Gasteiger partial charge on any atom is -0.487 e. The van der Waals surface area contributed by atoms with Crippen molar-refractivity contribution in [2.24, 2.45) is 5.92 Å². The van der Waals surface area contributed by atoms with Crippen LogP contribution in [0.5, 0.6) is 5.75 Å². The molecule has 5 aromatic rings. The molecule has 3 aromatic carbocycles. The van der Waals surface area contributed by atoms with Crippen molar-refractivity contribution in [3.05, 3.63) is 113 Å². The normalized spacial score (nSPS) is 17.1. The van der Waals surface area contributed by atoms with Crippen molar-refractivity contribution in [3.63, 3.8) is 0 Å². The lowest BCUT2D eigenvalue weighted by atomic mass is 9.78. The fraction of sp³-hybridized carbons (Fsp3) is 0.286. The summed E-state index contributed by atoms with van der Waals surface area (Å²) in [5.74, 6) is -0.130. The van der Waals surface area contributed by atoms with Gasteiger partial charge in [0.05, 0.1) is 28.2 Å². The van der Waals surface area contributed by atoms with E-state index in [0.29, 0.717) is 30.9 Å². The number of pyridine rings is 1. The highest BCUT2D eigenvalue weighted by Gasteiger charge is 2.35. The summed E-state index contributed by atoms with van der Waals surface area (Å²) in [7, 11) is 0.